The van der Waals surface area contributed by atoms with Crippen molar-refractivity contribution in [1.82, 2.24) is 15.0 Å². The fraction of sp³-hybridized carbons (Fsp3) is 0.500. The minimum absolute atomic E-state index is 0.0960. The van der Waals surface area contributed by atoms with E-state index in [1.165, 1.54) is 16.7 Å². The third kappa shape index (κ3) is 3.31. The van der Waals surface area contributed by atoms with Crippen LogP contribution in [0.15, 0.2) is 22.7 Å². The van der Waals surface area contributed by atoms with Crippen LogP contribution in [0.25, 0.3) is 0 Å². The Hall–Kier alpha value is -1.72. The molecule has 1 saturated heterocycles. The Morgan fingerprint density at radius 2 is 2.14 bits per heavy atom. The Bertz CT molecular complexity index is 624. The summed E-state index contributed by atoms with van der Waals surface area (Å²) in [7, 11) is 0. The van der Waals surface area contributed by atoms with Gasteiger partial charge in [0, 0.05) is 26.6 Å². The van der Waals surface area contributed by atoms with Crippen molar-refractivity contribution < 1.29 is 9.26 Å². The van der Waals surface area contributed by atoms with Gasteiger partial charge in [0.1, 0.15) is 6.10 Å². The predicted molar refractivity (Wildman–Crippen MR) is 78.9 cm³/mol. The van der Waals surface area contributed by atoms with Crippen LogP contribution in [-0.4, -0.2) is 34.7 Å². The van der Waals surface area contributed by atoms with Gasteiger partial charge in [0.05, 0.1) is 6.61 Å². The second kappa shape index (κ2) is 5.95. The van der Waals surface area contributed by atoms with Crippen molar-refractivity contribution in [2.24, 2.45) is 0 Å². The lowest BCUT2D eigenvalue weighted by Gasteiger charge is -2.31. The number of rotatable bonds is 3. The van der Waals surface area contributed by atoms with Crippen LogP contribution in [0.4, 0.5) is 0 Å². The first-order chi connectivity index (χ1) is 10.1. The molecule has 0 N–H and O–H groups in total. The number of morpholine rings is 1. The van der Waals surface area contributed by atoms with E-state index in [4.69, 9.17) is 9.26 Å². The zero-order valence-corrected chi connectivity index (χ0v) is 12.8. The fourth-order valence-electron chi connectivity index (χ4n) is 2.66. The van der Waals surface area contributed by atoms with Gasteiger partial charge in [0.15, 0.2) is 0 Å². The lowest BCUT2D eigenvalue weighted by Crippen LogP contribution is -2.38. The van der Waals surface area contributed by atoms with Crippen LogP contribution >= 0.6 is 0 Å². The molecule has 1 atom stereocenters. The highest BCUT2D eigenvalue weighted by molar-refractivity contribution is 5.30. The van der Waals surface area contributed by atoms with Crippen LogP contribution in [0, 0.1) is 20.8 Å². The highest BCUT2D eigenvalue weighted by Crippen LogP contribution is 2.22. The summed E-state index contributed by atoms with van der Waals surface area (Å²) in [5.41, 5.74) is 4.01. The summed E-state index contributed by atoms with van der Waals surface area (Å²) in [6.07, 6.45) is -0.0960. The molecular formula is C16H21N3O2. The third-order valence-corrected chi connectivity index (χ3v) is 3.88. The highest BCUT2D eigenvalue weighted by Gasteiger charge is 2.26. The van der Waals surface area contributed by atoms with Gasteiger partial charge in [-0.15, -0.1) is 0 Å². The van der Waals surface area contributed by atoms with E-state index in [1.54, 1.807) is 6.92 Å². The molecule has 112 valence electrons. The molecule has 0 radical (unpaired) electrons. The van der Waals surface area contributed by atoms with E-state index in [2.05, 4.69) is 47.1 Å². The minimum Gasteiger partial charge on any atom is -0.367 e. The molecule has 0 spiro atoms. The van der Waals surface area contributed by atoms with Crippen LogP contribution in [0.3, 0.4) is 0 Å². The molecule has 0 amide bonds. The maximum absolute atomic E-state index is 5.77. The Labute approximate surface area is 124 Å². The number of benzene rings is 1. The van der Waals surface area contributed by atoms with Gasteiger partial charge < -0.3 is 9.26 Å². The van der Waals surface area contributed by atoms with Crippen molar-refractivity contribution in [2.75, 3.05) is 19.7 Å². The smallest absolute Gasteiger partial charge is 0.223 e. The van der Waals surface area contributed by atoms with Crippen LogP contribution < -0.4 is 0 Å². The summed E-state index contributed by atoms with van der Waals surface area (Å²) < 4.78 is 10.8. The first kappa shape index (κ1) is 14.2. The van der Waals surface area contributed by atoms with Gasteiger partial charge in [0.2, 0.25) is 11.7 Å². The first-order valence-electron chi connectivity index (χ1n) is 7.32. The lowest BCUT2D eigenvalue weighted by atomic mass is 10.0. The van der Waals surface area contributed by atoms with Gasteiger partial charge in [-0.25, -0.2) is 0 Å². The molecule has 1 aromatic heterocycles. The molecule has 5 nitrogen and oxygen atoms in total. The van der Waals surface area contributed by atoms with E-state index in [1.807, 2.05) is 0 Å². The number of aryl methyl sites for hydroxylation is 3. The van der Waals surface area contributed by atoms with Crippen LogP contribution in [0.2, 0.25) is 0 Å². The zero-order valence-electron chi connectivity index (χ0n) is 12.8. The average molecular weight is 287 g/mol. The van der Waals surface area contributed by atoms with E-state index in [0.29, 0.717) is 18.3 Å². The number of ether oxygens (including phenoxy) is 1. The van der Waals surface area contributed by atoms with Crippen molar-refractivity contribution in [3.05, 3.63) is 46.6 Å². The molecule has 3 rings (SSSR count). The summed E-state index contributed by atoms with van der Waals surface area (Å²) in [6, 6.07) is 6.60. The molecule has 1 aromatic carbocycles. The summed E-state index contributed by atoms with van der Waals surface area (Å²) in [5.74, 6) is 1.23. The van der Waals surface area contributed by atoms with Gasteiger partial charge in [-0.1, -0.05) is 28.9 Å². The largest absolute Gasteiger partial charge is 0.367 e. The van der Waals surface area contributed by atoms with Crippen molar-refractivity contribution in [3.8, 4) is 0 Å². The Kier molecular flexibility index (Phi) is 4.03. The van der Waals surface area contributed by atoms with E-state index >= 15 is 0 Å². The second-order valence-electron chi connectivity index (χ2n) is 5.70. The molecule has 0 bridgehead atoms. The number of aromatic nitrogens is 2. The van der Waals surface area contributed by atoms with Gasteiger partial charge in [-0.05, 0) is 25.0 Å². The van der Waals surface area contributed by atoms with Crippen LogP contribution in [0.5, 0.6) is 0 Å². The van der Waals surface area contributed by atoms with Crippen molar-refractivity contribution in [2.45, 2.75) is 33.4 Å². The molecule has 1 aliphatic rings. The molecule has 0 aliphatic carbocycles. The predicted octanol–water partition coefficient (Wildman–Crippen LogP) is 2.57. The SMILES string of the molecule is Cc1ccc(C)c(CN2CCO[C@H](c3noc(C)n3)C2)c1. The molecule has 2 aromatic rings. The molecule has 2 heterocycles. The molecular weight excluding hydrogens is 266 g/mol. The normalized spacial score (nSPS) is 19.9. The van der Waals surface area contributed by atoms with Gasteiger partial charge in [-0.3, -0.25) is 4.90 Å². The van der Waals surface area contributed by atoms with Gasteiger partial charge >= 0.3 is 0 Å². The van der Waals surface area contributed by atoms with Crippen molar-refractivity contribution in [1.29, 1.82) is 0 Å². The third-order valence-electron chi connectivity index (χ3n) is 3.88. The van der Waals surface area contributed by atoms with E-state index in [0.717, 1.165) is 19.6 Å². The Morgan fingerprint density at radius 1 is 1.29 bits per heavy atom. The van der Waals surface area contributed by atoms with Crippen molar-refractivity contribution >= 4 is 0 Å². The van der Waals surface area contributed by atoms with E-state index in [9.17, 15) is 0 Å². The standard InChI is InChI=1S/C16H21N3O2/c1-11-4-5-12(2)14(8-11)9-19-6-7-20-15(10-19)16-17-13(3)21-18-16/h4-5,8,15H,6-7,9-10H2,1-3H3/t15-/m0/s1. The molecule has 5 heteroatoms. The summed E-state index contributed by atoms with van der Waals surface area (Å²) in [4.78, 5) is 6.67. The monoisotopic (exact) mass is 287 g/mol. The summed E-state index contributed by atoms with van der Waals surface area (Å²) >= 11 is 0. The Balaban J connectivity index is 1.70. The molecule has 0 saturated carbocycles. The van der Waals surface area contributed by atoms with E-state index in [-0.39, 0.29) is 6.10 Å². The average Bonchev–Trinajstić information content (AvgIpc) is 2.90. The minimum atomic E-state index is -0.0960. The maximum Gasteiger partial charge on any atom is 0.223 e. The van der Waals surface area contributed by atoms with Gasteiger partial charge in [0.25, 0.3) is 0 Å². The zero-order chi connectivity index (χ0) is 14.8. The highest BCUT2D eigenvalue weighted by atomic mass is 16.5. The molecule has 21 heavy (non-hydrogen) atoms. The van der Waals surface area contributed by atoms with Crippen LogP contribution in [-0.2, 0) is 11.3 Å². The number of hydrogen-bond acceptors (Lipinski definition) is 5. The second-order valence-corrected chi connectivity index (χ2v) is 5.70. The summed E-state index contributed by atoms with van der Waals surface area (Å²) in [5, 5.41) is 3.97. The number of hydrogen-bond donors (Lipinski definition) is 0. The molecule has 0 unspecified atom stereocenters. The first-order valence-corrected chi connectivity index (χ1v) is 7.32. The fourth-order valence-corrected chi connectivity index (χ4v) is 2.66. The summed E-state index contributed by atoms with van der Waals surface area (Å²) in [6.45, 7) is 9.45. The number of nitrogens with zero attached hydrogens (tertiary/aromatic N) is 3. The maximum atomic E-state index is 5.77. The van der Waals surface area contributed by atoms with E-state index < -0.39 is 0 Å². The quantitative estimate of drug-likeness (QED) is 0.868. The molecule has 1 aliphatic heterocycles. The Morgan fingerprint density at radius 3 is 2.90 bits per heavy atom. The van der Waals surface area contributed by atoms with Gasteiger partial charge in [-0.2, -0.15) is 4.98 Å². The lowest BCUT2D eigenvalue weighted by molar-refractivity contribution is -0.0381. The van der Waals surface area contributed by atoms with Crippen LogP contribution in [0.1, 0.15) is 34.5 Å². The molecule has 1 fully saturated rings. The topological polar surface area (TPSA) is 51.4 Å². The van der Waals surface area contributed by atoms with Crippen molar-refractivity contribution in [3.63, 3.8) is 0 Å².